The van der Waals surface area contributed by atoms with Crippen LogP contribution >= 0.6 is 0 Å². The molecular weight excluding hydrogens is 190 g/mol. The van der Waals surface area contributed by atoms with Gasteiger partial charge in [0.15, 0.2) is 5.78 Å². The minimum Gasteiger partial charge on any atom is -0.374 e. The lowest BCUT2D eigenvalue weighted by Gasteiger charge is -2.08. The summed E-state index contributed by atoms with van der Waals surface area (Å²) in [5, 5.41) is 0. The van der Waals surface area contributed by atoms with Crippen LogP contribution in [0.4, 0.5) is 8.78 Å². The van der Waals surface area contributed by atoms with Gasteiger partial charge in [-0.1, -0.05) is 0 Å². The van der Waals surface area contributed by atoms with Crippen molar-refractivity contribution in [3.05, 3.63) is 35.4 Å². The summed E-state index contributed by atoms with van der Waals surface area (Å²) in [7, 11) is 1.35. The number of carbonyl (C=O) groups excluding carboxylic acids is 1. The van der Waals surface area contributed by atoms with Gasteiger partial charge in [-0.2, -0.15) is 0 Å². The molecule has 1 unspecified atom stereocenters. The minimum atomic E-state index is -0.862. The summed E-state index contributed by atoms with van der Waals surface area (Å²) in [5.74, 6) is -2.06. The normalized spacial score (nSPS) is 12.6. The van der Waals surface area contributed by atoms with E-state index in [0.717, 1.165) is 12.1 Å². The van der Waals surface area contributed by atoms with Gasteiger partial charge in [0.2, 0.25) is 0 Å². The zero-order chi connectivity index (χ0) is 10.7. The van der Waals surface area contributed by atoms with E-state index in [1.54, 1.807) is 0 Å². The first-order valence-electron chi connectivity index (χ1n) is 4.08. The topological polar surface area (TPSA) is 26.3 Å². The molecule has 76 valence electrons. The third-order valence-corrected chi connectivity index (χ3v) is 1.92. The second-order valence-electron chi connectivity index (χ2n) is 2.87. The van der Waals surface area contributed by atoms with E-state index in [-0.39, 0.29) is 5.56 Å². The molecule has 0 fully saturated rings. The molecule has 0 aliphatic rings. The maximum absolute atomic E-state index is 13.1. The number of halogens is 2. The molecule has 0 heterocycles. The van der Waals surface area contributed by atoms with E-state index in [0.29, 0.717) is 6.07 Å². The van der Waals surface area contributed by atoms with Crippen LogP contribution in [0.3, 0.4) is 0 Å². The number of Topliss-reactive ketones (excluding diaryl/α,β-unsaturated/α-hetero) is 1. The highest BCUT2D eigenvalue weighted by Crippen LogP contribution is 2.12. The molecule has 0 aromatic heterocycles. The van der Waals surface area contributed by atoms with Crippen molar-refractivity contribution >= 4 is 5.78 Å². The number of benzene rings is 1. The van der Waals surface area contributed by atoms with E-state index < -0.39 is 23.5 Å². The molecule has 1 aromatic rings. The van der Waals surface area contributed by atoms with Crippen LogP contribution < -0.4 is 0 Å². The van der Waals surface area contributed by atoms with Gasteiger partial charge in [0.05, 0.1) is 5.56 Å². The zero-order valence-corrected chi connectivity index (χ0v) is 7.88. The van der Waals surface area contributed by atoms with Crippen molar-refractivity contribution in [2.75, 3.05) is 7.11 Å². The molecular formula is C10H10F2O2. The fraction of sp³-hybridized carbons (Fsp3) is 0.300. The van der Waals surface area contributed by atoms with Gasteiger partial charge >= 0.3 is 0 Å². The van der Waals surface area contributed by atoms with Gasteiger partial charge in [-0.25, -0.2) is 8.78 Å². The lowest BCUT2D eigenvalue weighted by molar-refractivity contribution is 0.0651. The Labute approximate surface area is 80.5 Å². The third kappa shape index (κ3) is 2.14. The molecule has 0 spiro atoms. The fourth-order valence-corrected chi connectivity index (χ4v) is 1.02. The van der Waals surface area contributed by atoms with Gasteiger partial charge in [-0.15, -0.1) is 0 Å². The van der Waals surface area contributed by atoms with Crippen LogP contribution in [0.5, 0.6) is 0 Å². The molecule has 0 bridgehead atoms. The van der Waals surface area contributed by atoms with E-state index >= 15 is 0 Å². The maximum atomic E-state index is 13.1. The Kier molecular flexibility index (Phi) is 3.30. The monoisotopic (exact) mass is 200 g/mol. The van der Waals surface area contributed by atoms with Crippen LogP contribution in [-0.2, 0) is 4.74 Å². The van der Waals surface area contributed by atoms with E-state index in [9.17, 15) is 13.6 Å². The largest absolute Gasteiger partial charge is 0.374 e. The van der Waals surface area contributed by atoms with Crippen molar-refractivity contribution in [3.8, 4) is 0 Å². The Morgan fingerprint density at radius 2 is 2.07 bits per heavy atom. The molecule has 1 rings (SSSR count). The number of hydrogen-bond donors (Lipinski definition) is 0. The van der Waals surface area contributed by atoms with Crippen LogP contribution in [0, 0.1) is 11.6 Å². The predicted octanol–water partition coefficient (Wildman–Crippen LogP) is 2.18. The first kappa shape index (κ1) is 10.8. The number of hydrogen-bond acceptors (Lipinski definition) is 2. The van der Waals surface area contributed by atoms with Crippen molar-refractivity contribution in [2.24, 2.45) is 0 Å². The Balaban J connectivity index is 3.02. The number of carbonyl (C=O) groups is 1. The number of methoxy groups -OCH3 is 1. The van der Waals surface area contributed by atoms with Crippen molar-refractivity contribution in [1.29, 1.82) is 0 Å². The van der Waals surface area contributed by atoms with Gasteiger partial charge in [-0.05, 0) is 19.1 Å². The van der Waals surface area contributed by atoms with Crippen molar-refractivity contribution in [2.45, 2.75) is 13.0 Å². The zero-order valence-electron chi connectivity index (χ0n) is 7.88. The Hall–Kier alpha value is -1.29. The Bertz CT molecular complexity index is 350. The summed E-state index contributed by atoms with van der Waals surface area (Å²) in [6, 6.07) is 2.83. The van der Waals surface area contributed by atoms with Gasteiger partial charge in [0.1, 0.15) is 17.7 Å². The van der Waals surface area contributed by atoms with E-state index in [1.165, 1.54) is 14.0 Å². The molecule has 0 aliphatic heterocycles. The SMILES string of the molecule is COC(C)C(=O)c1ccc(F)cc1F. The molecule has 14 heavy (non-hydrogen) atoms. The molecule has 4 heteroatoms. The van der Waals surface area contributed by atoms with Crippen molar-refractivity contribution < 1.29 is 18.3 Å². The van der Waals surface area contributed by atoms with Crippen molar-refractivity contribution in [1.82, 2.24) is 0 Å². The van der Waals surface area contributed by atoms with Gasteiger partial charge in [-0.3, -0.25) is 4.79 Å². The van der Waals surface area contributed by atoms with Crippen LogP contribution in [0.2, 0.25) is 0 Å². The highest BCUT2D eigenvalue weighted by atomic mass is 19.1. The first-order chi connectivity index (χ1) is 6.56. The summed E-state index contributed by atoms with van der Waals surface area (Å²) in [6.07, 6.45) is -0.727. The molecule has 1 aromatic carbocycles. The number of ketones is 1. The van der Waals surface area contributed by atoms with E-state index in [4.69, 9.17) is 4.74 Å². The lowest BCUT2D eigenvalue weighted by atomic mass is 10.1. The number of rotatable bonds is 3. The molecule has 1 atom stereocenters. The number of ether oxygens (including phenoxy) is 1. The van der Waals surface area contributed by atoms with Gasteiger partial charge in [0, 0.05) is 13.2 Å². The van der Waals surface area contributed by atoms with Gasteiger partial charge < -0.3 is 4.74 Å². The highest BCUT2D eigenvalue weighted by molar-refractivity contribution is 5.99. The summed E-state index contributed by atoms with van der Waals surface area (Å²) in [6.45, 7) is 1.51. The smallest absolute Gasteiger partial charge is 0.194 e. The van der Waals surface area contributed by atoms with E-state index in [1.807, 2.05) is 0 Å². The van der Waals surface area contributed by atoms with Crippen LogP contribution in [-0.4, -0.2) is 19.0 Å². The molecule has 0 radical (unpaired) electrons. The fourth-order valence-electron chi connectivity index (χ4n) is 1.02. The van der Waals surface area contributed by atoms with Gasteiger partial charge in [0.25, 0.3) is 0 Å². The lowest BCUT2D eigenvalue weighted by Crippen LogP contribution is -2.20. The molecule has 0 N–H and O–H groups in total. The van der Waals surface area contributed by atoms with E-state index in [2.05, 4.69) is 0 Å². The summed E-state index contributed by atoms with van der Waals surface area (Å²) in [5.41, 5.74) is -0.152. The molecule has 0 aliphatic carbocycles. The quantitative estimate of drug-likeness (QED) is 0.699. The summed E-state index contributed by atoms with van der Waals surface area (Å²) < 4.78 is 30.3. The average Bonchev–Trinajstić information content (AvgIpc) is 2.15. The standard InChI is InChI=1S/C10H10F2O2/c1-6(14-2)10(13)8-4-3-7(11)5-9(8)12/h3-6H,1-2H3. The second-order valence-corrected chi connectivity index (χ2v) is 2.87. The van der Waals surface area contributed by atoms with Crippen LogP contribution in [0.15, 0.2) is 18.2 Å². The molecule has 0 saturated heterocycles. The Morgan fingerprint density at radius 1 is 1.43 bits per heavy atom. The molecule has 0 amide bonds. The maximum Gasteiger partial charge on any atom is 0.194 e. The molecule has 0 saturated carbocycles. The first-order valence-corrected chi connectivity index (χ1v) is 4.08. The van der Waals surface area contributed by atoms with Crippen molar-refractivity contribution in [3.63, 3.8) is 0 Å². The Morgan fingerprint density at radius 3 is 2.57 bits per heavy atom. The third-order valence-electron chi connectivity index (χ3n) is 1.92. The summed E-state index contributed by atoms with van der Waals surface area (Å²) >= 11 is 0. The predicted molar refractivity (Wildman–Crippen MR) is 47.2 cm³/mol. The average molecular weight is 200 g/mol. The second kappa shape index (κ2) is 4.28. The minimum absolute atomic E-state index is 0.152. The highest BCUT2D eigenvalue weighted by Gasteiger charge is 2.18. The molecule has 2 nitrogen and oxygen atoms in total. The summed E-state index contributed by atoms with van der Waals surface area (Å²) in [4.78, 5) is 11.4. The van der Waals surface area contributed by atoms with Crippen LogP contribution in [0.25, 0.3) is 0 Å². The van der Waals surface area contributed by atoms with Crippen LogP contribution in [0.1, 0.15) is 17.3 Å².